The first-order valence-corrected chi connectivity index (χ1v) is 7.35. The predicted octanol–water partition coefficient (Wildman–Crippen LogP) is 2.46. The smallest absolute Gasteiger partial charge is 0.266 e. The lowest BCUT2D eigenvalue weighted by Gasteiger charge is -2.60. The fourth-order valence-electron chi connectivity index (χ4n) is 2.56. The van der Waals surface area contributed by atoms with E-state index in [0.29, 0.717) is 18.0 Å². The maximum atomic E-state index is 12.4. The van der Waals surface area contributed by atoms with Crippen molar-refractivity contribution in [3.05, 3.63) is 24.3 Å². The Hall–Kier alpha value is -0.910. The molecule has 0 unspecified atom stereocenters. The number of anilines is 1. The molecule has 2 heterocycles. The normalized spacial score (nSPS) is 33.6. The Kier molecular flexibility index (Phi) is 2.96. The van der Waals surface area contributed by atoms with Crippen molar-refractivity contribution in [3.63, 3.8) is 0 Å². The van der Waals surface area contributed by atoms with Crippen molar-refractivity contribution in [2.24, 2.45) is 0 Å². The minimum atomic E-state index is -1.02. The number of para-hydroxylation sites is 2. The van der Waals surface area contributed by atoms with Crippen LogP contribution >= 0.6 is 23.4 Å². The monoisotopic (exact) mass is 299 g/mol. The molecule has 0 radical (unpaired) electrons. The van der Waals surface area contributed by atoms with Crippen molar-refractivity contribution < 1.29 is 14.3 Å². The summed E-state index contributed by atoms with van der Waals surface area (Å²) in [4.78, 5) is 14.0. The van der Waals surface area contributed by atoms with Crippen LogP contribution in [0.1, 0.15) is 6.92 Å². The van der Waals surface area contributed by atoms with E-state index < -0.39 is 9.93 Å². The third kappa shape index (κ3) is 1.55. The highest BCUT2D eigenvalue weighted by Gasteiger charge is 2.72. The van der Waals surface area contributed by atoms with Crippen LogP contribution in [0.15, 0.2) is 24.3 Å². The van der Waals surface area contributed by atoms with E-state index in [1.54, 1.807) is 12.0 Å². The summed E-state index contributed by atoms with van der Waals surface area (Å²) >= 11 is 7.89. The standard InChI is InChI=1S/C13H14ClNO3S/c1-12-13(14,19-8-7-18-12)11(16)15(12)9-5-3-4-6-10(9)17-2/h3-6H,7-8H2,1-2H3/t12-,13-/m1/s1. The van der Waals surface area contributed by atoms with Gasteiger partial charge in [-0.3, -0.25) is 9.69 Å². The highest BCUT2D eigenvalue weighted by molar-refractivity contribution is 8.03. The maximum absolute atomic E-state index is 12.4. The number of fused-ring (bicyclic) bond motifs is 1. The molecule has 4 nitrogen and oxygen atoms in total. The number of thioether (sulfide) groups is 1. The van der Waals surface area contributed by atoms with Crippen molar-refractivity contribution in [1.29, 1.82) is 0 Å². The summed E-state index contributed by atoms with van der Waals surface area (Å²) in [5.74, 6) is 1.21. The molecular weight excluding hydrogens is 286 g/mol. The molecule has 3 rings (SSSR count). The van der Waals surface area contributed by atoms with Crippen LogP contribution in [0, 0.1) is 0 Å². The van der Waals surface area contributed by atoms with Crippen molar-refractivity contribution in [3.8, 4) is 5.75 Å². The van der Waals surface area contributed by atoms with Crippen LogP contribution in [0.4, 0.5) is 5.69 Å². The summed E-state index contributed by atoms with van der Waals surface area (Å²) < 4.78 is 10.1. The molecule has 0 aromatic heterocycles. The topological polar surface area (TPSA) is 38.8 Å². The Bertz CT molecular complexity index is 540. The quantitative estimate of drug-likeness (QED) is 0.621. The van der Waals surface area contributed by atoms with Gasteiger partial charge in [0.25, 0.3) is 5.91 Å². The number of amides is 1. The van der Waals surface area contributed by atoms with Crippen molar-refractivity contribution >= 4 is 35.0 Å². The summed E-state index contributed by atoms with van der Waals surface area (Å²) in [6, 6.07) is 7.37. The highest BCUT2D eigenvalue weighted by atomic mass is 35.5. The molecule has 2 aliphatic heterocycles. The first-order chi connectivity index (χ1) is 9.04. The number of β-lactam (4-membered cyclic amide) rings is 1. The molecule has 2 fully saturated rings. The van der Waals surface area contributed by atoms with E-state index in [1.165, 1.54) is 11.8 Å². The Morgan fingerprint density at radius 1 is 1.47 bits per heavy atom. The average Bonchev–Trinajstić information content (AvgIpc) is 2.43. The lowest BCUT2D eigenvalue weighted by molar-refractivity contribution is -0.150. The summed E-state index contributed by atoms with van der Waals surface area (Å²) in [5, 5.41) is 0. The van der Waals surface area contributed by atoms with Crippen LogP contribution in [-0.4, -0.2) is 35.3 Å². The van der Waals surface area contributed by atoms with Gasteiger partial charge < -0.3 is 9.47 Å². The molecule has 102 valence electrons. The number of hydrogen-bond acceptors (Lipinski definition) is 4. The Morgan fingerprint density at radius 3 is 2.95 bits per heavy atom. The zero-order valence-corrected chi connectivity index (χ0v) is 12.3. The molecule has 1 aromatic rings. The number of rotatable bonds is 2. The summed E-state index contributed by atoms with van der Waals surface area (Å²) in [6.45, 7) is 2.43. The van der Waals surface area contributed by atoms with Gasteiger partial charge in [-0.15, -0.1) is 11.8 Å². The number of carbonyl (C=O) groups is 1. The third-order valence-corrected chi connectivity index (χ3v) is 5.76. The number of nitrogens with zero attached hydrogens (tertiary/aromatic N) is 1. The molecule has 0 spiro atoms. The Balaban J connectivity index is 2.05. The van der Waals surface area contributed by atoms with Gasteiger partial charge in [0.15, 0.2) is 5.72 Å². The van der Waals surface area contributed by atoms with E-state index in [-0.39, 0.29) is 5.91 Å². The van der Waals surface area contributed by atoms with Gasteiger partial charge in [0.2, 0.25) is 4.21 Å². The minimum absolute atomic E-state index is 0.147. The molecule has 2 atom stereocenters. The van der Waals surface area contributed by atoms with Gasteiger partial charge in [0.1, 0.15) is 5.75 Å². The van der Waals surface area contributed by atoms with E-state index in [4.69, 9.17) is 21.1 Å². The van der Waals surface area contributed by atoms with Crippen LogP contribution in [0.3, 0.4) is 0 Å². The molecule has 2 aliphatic rings. The second-order valence-electron chi connectivity index (χ2n) is 4.59. The fourth-order valence-corrected chi connectivity index (χ4v) is 4.09. The average molecular weight is 300 g/mol. The SMILES string of the molecule is COc1ccccc1N1C(=O)[C@@]2(Cl)SCCO[C@@]12C. The number of methoxy groups -OCH3 is 1. The van der Waals surface area contributed by atoms with Crippen molar-refractivity contribution in [1.82, 2.24) is 0 Å². The van der Waals surface area contributed by atoms with Gasteiger partial charge in [-0.1, -0.05) is 23.7 Å². The minimum Gasteiger partial charge on any atom is -0.495 e. The lowest BCUT2D eigenvalue weighted by Crippen LogP contribution is -2.80. The number of carbonyl (C=O) groups excluding carboxylic acids is 1. The number of benzene rings is 1. The van der Waals surface area contributed by atoms with E-state index in [2.05, 4.69) is 0 Å². The van der Waals surface area contributed by atoms with Gasteiger partial charge in [-0.05, 0) is 19.1 Å². The zero-order valence-electron chi connectivity index (χ0n) is 10.7. The molecule has 1 amide bonds. The maximum Gasteiger partial charge on any atom is 0.266 e. The Labute approximate surface area is 121 Å². The van der Waals surface area contributed by atoms with Crippen LogP contribution in [0.2, 0.25) is 0 Å². The molecule has 0 aliphatic carbocycles. The molecule has 2 saturated heterocycles. The van der Waals surface area contributed by atoms with Crippen molar-refractivity contribution in [2.45, 2.75) is 16.9 Å². The van der Waals surface area contributed by atoms with Crippen LogP contribution < -0.4 is 9.64 Å². The van der Waals surface area contributed by atoms with Gasteiger partial charge in [-0.25, -0.2) is 0 Å². The molecule has 0 N–H and O–H groups in total. The first-order valence-electron chi connectivity index (χ1n) is 5.99. The van der Waals surface area contributed by atoms with E-state index >= 15 is 0 Å². The highest BCUT2D eigenvalue weighted by Crippen LogP contribution is 2.58. The predicted molar refractivity (Wildman–Crippen MR) is 75.9 cm³/mol. The van der Waals surface area contributed by atoms with Gasteiger partial charge in [0.05, 0.1) is 19.4 Å². The molecule has 6 heteroatoms. The van der Waals surface area contributed by atoms with E-state index in [0.717, 1.165) is 5.75 Å². The molecule has 1 aromatic carbocycles. The molecule has 0 bridgehead atoms. The zero-order chi connectivity index (χ0) is 13.7. The lowest BCUT2D eigenvalue weighted by atomic mass is 9.95. The van der Waals surface area contributed by atoms with Crippen LogP contribution in [0.5, 0.6) is 5.75 Å². The summed E-state index contributed by atoms with van der Waals surface area (Å²) in [7, 11) is 1.58. The number of halogens is 1. The summed E-state index contributed by atoms with van der Waals surface area (Å²) in [6.07, 6.45) is 0. The summed E-state index contributed by atoms with van der Waals surface area (Å²) in [5.41, 5.74) is -0.139. The number of alkyl halides is 1. The first kappa shape index (κ1) is 13.1. The molecule has 19 heavy (non-hydrogen) atoms. The largest absolute Gasteiger partial charge is 0.495 e. The van der Waals surface area contributed by atoms with Gasteiger partial charge in [0, 0.05) is 5.75 Å². The van der Waals surface area contributed by atoms with E-state index in [1.807, 2.05) is 31.2 Å². The second-order valence-corrected chi connectivity index (χ2v) is 6.69. The van der Waals surface area contributed by atoms with Gasteiger partial charge in [-0.2, -0.15) is 0 Å². The molecular formula is C13H14ClNO3S. The second kappa shape index (κ2) is 4.30. The number of hydrogen-bond donors (Lipinski definition) is 0. The van der Waals surface area contributed by atoms with Crippen LogP contribution in [0.25, 0.3) is 0 Å². The van der Waals surface area contributed by atoms with Gasteiger partial charge >= 0.3 is 0 Å². The third-order valence-electron chi connectivity index (χ3n) is 3.59. The molecule has 0 saturated carbocycles. The van der Waals surface area contributed by atoms with Crippen molar-refractivity contribution in [2.75, 3.05) is 24.4 Å². The van der Waals surface area contributed by atoms with Crippen LogP contribution in [-0.2, 0) is 9.53 Å². The fraction of sp³-hybridized carbons (Fsp3) is 0.462. The van der Waals surface area contributed by atoms with E-state index in [9.17, 15) is 4.79 Å². The Morgan fingerprint density at radius 2 is 2.21 bits per heavy atom. The number of ether oxygens (including phenoxy) is 2.